The molecule has 2 aromatic carbocycles. The summed E-state index contributed by atoms with van der Waals surface area (Å²) in [5.74, 6) is -1.21. The van der Waals surface area contributed by atoms with Gasteiger partial charge in [0, 0.05) is 25.3 Å². The topological polar surface area (TPSA) is 70.7 Å². The van der Waals surface area contributed by atoms with Crippen molar-refractivity contribution in [3.8, 4) is 0 Å². The number of carbonyl (C=O) groups is 2. The van der Waals surface area contributed by atoms with Crippen LogP contribution in [0.1, 0.15) is 35.6 Å². The normalized spacial score (nSPS) is 16.8. The number of unbranched alkanes of at least 4 members (excludes halogenated alkanes) is 1. The molecule has 160 valence electrons. The van der Waals surface area contributed by atoms with Gasteiger partial charge in [0.25, 0.3) is 0 Å². The molecule has 3 rings (SSSR count). The Kier molecular flexibility index (Phi) is 7.99. The molecule has 1 heterocycles. The molecule has 1 saturated heterocycles. The number of amides is 2. The Morgan fingerprint density at radius 3 is 2.63 bits per heavy atom. The molecule has 0 saturated carbocycles. The van der Waals surface area contributed by atoms with Crippen LogP contribution in [-0.4, -0.2) is 49.5 Å². The highest BCUT2D eigenvalue weighted by Crippen LogP contribution is 2.22. The highest BCUT2D eigenvalue weighted by molar-refractivity contribution is 6.39. The number of nitrogens with one attached hydrogen (secondary N) is 2. The average molecular weight is 410 g/mol. The smallest absolute Gasteiger partial charge is 0.313 e. The number of nitrogens with zero attached hydrogens (tertiary/aromatic N) is 1. The number of carbonyl (C=O) groups excluding carboxylic acids is 2. The lowest BCUT2D eigenvalue weighted by Crippen LogP contribution is -2.39. The lowest BCUT2D eigenvalue weighted by molar-refractivity contribution is -0.136. The predicted octanol–water partition coefficient (Wildman–Crippen LogP) is 3.21. The summed E-state index contributed by atoms with van der Waals surface area (Å²) in [6.07, 6.45) is 1.91. The van der Waals surface area contributed by atoms with Crippen molar-refractivity contribution in [3.05, 3.63) is 65.2 Å². The summed E-state index contributed by atoms with van der Waals surface area (Å²) in [6, 6.07) is 15.9. The number of hydrogen-bond acceptors (Lipinski definition) is 4. The average Bonchev–Trinajstić information content (AvgIpc) is 2.77. The second-order valence-electron chi connectivity index (χ2n) is 7.74. The van der Waals surface area contributed by atoms with Gasteiger partial charge in [-0.1, -0.05) is 42.5 Å². The maximum absolute atomic E-state index is 12.1. The molecule has 6 heteroatoms. The highest BCUT2D eigenvalue weighted by atomic mass is 16.5. The van der Waals surface area contributed by atoms with Gasteiger partial charge in [0.15, 0.2) is 0 Å². The van der Waals surface area contributed by atoms with E-state index in [1.165, 1.54) is 5.56 Å². The summed E-state index contributed by atoms with van der Waals surface area (Å²) >= 11 is 0. The van der Waals surface area contributed by atoms with E-state index in [1.54, 1.807) is 6.07 Å². The van der Waals surface area contributed by atoms with E-state index in [-0.39, 0.29) is 6.10 Å². The van der Waals surface area contributed by atoms with E-state index in [1.807, 2.05) is 44.2 Å². The van der Waals surface area contributed by atoms with Crippen LogP contribution < -0.4 is 10.6 Å². The molecule has 0 aromatic heterocycles. The lowest BCUT2D eigenvalue weighted by atomic mass is 10.1. The predicted molar refractivity (Wildman–Crippen MR) is 118 cm³/mol. The summed E-state index contributed by atoms with van der Waals surface area (Å²) in [5.41, 5.74) is 3.93. The lowest BCUT2D eigenvalue weighted by Gasteiger charge is -2.33. The van der Waals surface area contributed by atoms with Gasteiger partial charge in [0.05, 0.1) is 12.7 Å². The van der Waals surface area contributed by atoms with Gasteiger partial charge in [-0.25, -0.2) is 0 Å². The molecule has 0 bridgehead atoms. The van der Waals surface area contributed by atoms with Crippen LogP contribution >= 0.6 is 0 Å². The molecule has 1 fully saturated rings. The Hall–Kier alpha value is -2.70. The third kappa shape index (κ3) is 6.15. The zero-order valence-electron chi connectivity index (χ0n) is 17.8. The standard InChI is InChI=1S/C24H31N3O3/c1-18-9-8-12-21(19(18)2)26-24(29)23(28)25-13-6-7-14-27-15-16-30-22(17-27)20-10-4-3-5-11-20/h3-5,8-12,22H,6-7,13-17H2,1-2H3,(H,25,28)(H,26,29). The van der Waals surface area contributed by atoms with Gasteiger partial charge in [-0.2, -0.15) is 0 Å². The Bertz CT molecular complexity index is 854. The van der Waals surface area contributed by atoms with Crippen molar-refractivity contribution in [2.45, 2.75) is 32.8 Å². The molecular weight excluding hydrogens is 378 g/mol. The van der Waals surface area contributed by atoms with Crippen LogP contribution in [0.5, 0.6) is 0 Å². The molecule has 2 amide bonds. The fourth-order valence-corrected chi connectivity index (χ4v) is 3.58. The van der Waals surface area contributed by atoms with Crippen molar-refractivity contribution in [1.82, 2.24) is 10.2 Å². The number of anilines is 1. The van der Waals surface area contributed by atoms with Gasteiger partial charge < -0.3 is 15.4 Å². The minimum atomic E-state index is -0.623. The quantitative estimate of drug-likeness (QED) is 0.544. The van der Waals surface area contributed by atoms with Gasteiger partial charge in [0.2, 0.25) is 0 Å². The maximum Gasteiger partial charge on any atom is 0.313 e. The molecule has 30 heavy (non-hydrogen) atoms. The number of aryl methyl sites for hydroxylation is 1. The Labute approximate surface area is 178 Å². The van der Waals surface area contributed by atoms with Crippen LogP contribution in [0.4, 0.5) is 5.69 Å². The Morgan fingerprint density at radius 2 is 1.83 bits per heavy atom. The zero-order chi connectivity index (χ0) is 21.3. The van der Waals surface area contributed by atoms with E-state index in [2.05, 4.69) is 27.7 Å². The van der Waals surface area contributed by atoms with Gasteiger partial charge >= 0.3 is 11.8 Å². The van der Waals surface area contributed by atoms with E-state index >= 15 is 0 Å². The summed E-state index contributed by atoms with van der Waals surface area (Å²) in [4.78, 5) is 26.6. The van der Waals surface area contributed by atoms with E-state index in [4.69, 9.17) is 4.74 Å². The van der Waals surface area contributed by atoms with Crippen LogP contribution in [0.25, 0.3) is 0 Å². The third-order valence-electron chi connectivity index (χ3n) is 5.57. The van der Waals surface area contributed by atoms with Gasteiger partial charge in [-0.3, -0.25) is 14.5 Å². The van der Waals surface area contributed by atoms with Crippen LogP contribution in [0.15, 0.2) is 48.5 Å². The summed E-state index contributed by atoms with van der Waals surface area (Å²) < 4.78 is 5.90. The number of rotatable bonds is 7. The van der Waals surface area contributed by atoms with Crippen molar-refractivity contribution >= 4 is 17.5 Å². The molecule has 1 unspecified atom stereocenters. The van der Waals surface area contributed by atoms with E-state index in [0.717, 1.165) is 50.2 Å². The molecular formula is C24H31N3O3. The fraction of sp³-hybridized carbons (Fsp3) is 0.417. The van der Waals surface area contributed by atoms with E-state index < -0.39 is 11.8 Å². The first-order valence-electron chi connectivity index (χ1n) is 10.6. The van der Waals surface area contributed by atoms with Crippen LogP contribution in [-0.2, 0) is 14.3 Å². The first-order valence-corrected chi connectivity index (χ1v) is 10.6. The van der Waals surface area contributed by atoms with Crippen molar-refractivity contribution in [1.29, 1.82) is 0 Å². The molecule has 0 radical (unpaired) electrons. The minimum absolute atomic E-state index is 0.119. The van der Waals surface area contributed by atoms with E-state index in [9.17, 15) is 9.59 Å². The van der Waals surface area contributed by atoms with E-state index in [0.29, 0.717) is 12.2 Å². The first-order chi connectivity index (χ1) is 14.5. The van der Waals surface area contributed by atoms with Gasteiger partial charge in [-0.15, -0.1) is 0 Å². The van der Waals surface area contributed by atoms with Crippen LogP contribution in [0.2, 0.25) is 0 Å². The maximum atomic E-state index is 12.1. The SMILES string of the molecule is Cc1cccc(NC(=O)C(=O)NCCCCN2CCOC(c3ccccc3)C2)c1C. The van der Waals surface area contributed by atoms with Crippen molar-refractivity contribution in [2.75, 3.05) is 38.1 Å². The summed E-state index contributed by atoms with van der Waals surface area (Å²) in [7, 11) is 0. The van der Waals surface area contributed by atoms with Crippen LogP contribution in [0.3, 0.4) is 0 Å². The highest BCUT2D eigenvalue weighted by Gasteiger charge is 2.21. The number of morpholine rings is 1. The zero-order valence-corrected chi connectivity index (χ0v) is 17.8. The second-order valence-corrected chi connectivity index (χ2v) is 7.74. The van der Waals surface area contributed by atoms with Crippen LogP contribution in [0, 0.1) is 13.8 Å². The molecule has 6 nitrogen and oxygen atoms in total. The molecule has 0 aliphatic carbocycles. The number of hydrogen-bond donors (Lipinski definition) is 2. The third-order valence-corrected chi connectivity index (χ3v) is 5.57. The Morgan fingerprint density at radius 1 is 1.03 bits per heavy atom. The molecule has 1 aliphatic rings. The molecule has 2 N–H and O–H groups in total. The van der Waals surface area contributed by atoms with Crippen molar-refractivity contribution in [2.24, 2.45) is 0 Å². The monoisotopic (exact) mass is 409 g/mol. The first kappa shape index (κ1) is 22.0. The van der Waals surface area contributed by atoms with Crippen molar-refractivity contribution < 1.29 is 14.3 Å². The summed E-state index contributed by atoms with van der Waals surface area (Å²) in [6.45, 7) is 7.89. The van der Waals surface area contributed by atoms with Crippen molar-refractivity contribution in [3.63, 3.8) is 0 Å². The second kappa shape index (κ2) is 10.9. The Balaban J connectivity index is 1.34. The molecule has 1 atom stereocenters. The minimum Gasteiger partial charge on any atom is -0.371 e. The summed E-state index contributed by atoms with van der Waals surface area (Å²) in [5, 5.41) is 5.41. The van der Waals surface area contributed by atoms with Gasteiger partial charge in [0.1, 0.15) is 0 Å². The molecule has 1 aliphatic heterocycles. The number of ether oxygens (including phenoxy) is 1. The molecule has 0 spiro atoms. The molecule has 2 aromatic rings. The van der Waals surface area contributed by atoms with Gasteiger partial charge in [-0.05, 0) is 56.0 Å². The fourth-order valence-electron chi connectivity index (χ4n) is 3.58. The largest absolute Gasteiger partial charge is 0.371 e. The number of benzene rings is 2.